The van der Waals surface area contributed by atoms with Crippen LogP contribution in [-0.4, -0.2) is 10.8 Å². The second kappa shape index (κ2) is 6.82. The lowest BCUT2D eigenvalue weighted by Gasteiger charge is -1.99. The molecule has 2 nitrogen and oxygen atoms in total. The van der Waals surface area contributed by atoms with Gasteiger partial charge in [0.2, 0.25) is 5.88 Å². The van der Waals surface area contributed by atoms with Gasteiger partial charge in [0.05, 0.1) is 0 Å². The summed E-state index contributed by atoms with van der Waals surface area (Å²) in [5, 5.41) is 9.61. The minimum atomic E-state index is 0.0382. The Morgan fingerprint density at radius 3 is 2.27 bits per heavy atom. The van der Waals surface area contributed by atoms with Gasteiger partial charge in [-0.3, -0.25) is 0 Å². The Labute approximate surface area is 92.0 Å². The summed E-state index contributed by atoms with van der Waals surface area (Å²) in [6.07, 6.45) is 7.48. The van der Waals surface area contributed by atoms with Crippen molar-refractivity contribution in [3.63, 3.8) is 0 Å². The molecule has 0 aliphatic heterocycles. The lowest BCUT2D eigenvalue weighted by Crippen LogP contribution is -1.93. The van der Waals surface area contributed by atoms with Gasteiger partial charge in [-0.15, -0.1) is 0 Å². The lowest BCUT2D eigenvalue weighted by atomic mass is 10.2. The Bertz CT molecular complexity index is 344. The van der Waals surface area contributed by atoms with Crippen LogP contribution in [0, 0.1) is 0 Å². The van der Waals surface area contributed by atoms with E-state index >= 15 is 0 Å². The van der Waals surface area contributed by atoms with E-state index in [9.17, 15) is 5.11 Å². The average molecular weight is 205 g/mol. The standard InChI is InChI=1S/C13H19NO/c1-6-7-8-9-11(4)13(15)14-12(5)10(2)3/h6-9,15H,2H2,1,3-5H3/b7-6-,9-8-,13-11-,14-12+. The van der Waals surface area contributed by atoms with E-state index in [4.69, 9.17) is 0 Å². The number of nitrogens with zero attached hydrogens (tertiary/aromatic N) is 1. The molecular weight excluding hydrogens is 186 g/mol. The first-order valence-electron chi connectivity index (χ1n) is 4.89. The van der Waals surface area contributed by atoms with Crippen LogP contribution in [0.15, 0.2) is 52.9 Å². The molecule has 2 heteroatoms. The Morgan fingerprint density at radius 1 is 1.20 bits per heavy atom. The van der Waals surface area contributed by atoms with Crippen LogP contribution in [0.5, 0.6) is 0 Å². The van der Waals surface area contributed by atoms with Crippen LogP contribution < -0.4 is 0 Å². The summed E-state index contributed by atoms with van der Waals surface area (Å²) in [6, 6.07) is 0. The van der Waals surface area contributed by atoms with E-state index in [1.807, 2.05) is 52.0 Å². The minimum Gasteiger partial charge on any atom is -0.493 e. The summed E-state index contributed by atoms with van der Waals surface area (Å²) in [5.74, 6) is 0.0382. The monoisotopic (exact) mass is 205 g/mol. The SMILES string of the molecule is C=C(C)/C(C)=N/C(O)=C(C)/C=C\C=C/C. The Morgan fingerprint density at radius 2 is 1.80 bits per heavy atom. The van der Waals surface area contributed by atoms with Gasteiger partial charge in [0.25, 0.3) is 0 Å². The Hall–Kier alpha value is -1.57. The van der Waals surface area contributed by atoms with Crippen LogP contribution in [0.4, 0.5) is 0 Å². The number of rotatable bonds is 4. The predicted molar refractivity (Wildman–Crippen MR) is 67.2 cm³/mol. The molecule has 0 amide bonds. The number of hydrogen-bond donors (Lipinski definition) is 1. The fraction of sp³-hybridized carbons (Fsp3) is 0.308. The van der Waals surface area contributed by atoms with Crippen molar-refractivity contribution < 1.29 is 5.11 Å². The molecule has 0 unspecified atom stereocenters. The number of aliphatic hydroxyl groups is 1. The fourth-order valence-electron chi connectivity index (χ4n) is 0.728. The molecule has 0 aliphatic carbocycles. The van der Waals surface area contributed by atoms with Gasteiger partial charge >= 0.3 is 0 Å². The van der Waals surface area contributed by atoms with E-state index in [0.29, 0.717) is 0 Å². The molecule has 0 bridgehead atoms. The van der Waals surface area contributed by atoms with E-state index in [1.165, 1.54) is 0 Å². The highest BCUT2D eigenvalue weighted by molar-refractivity contribution is 5.97. The number of aliphatic hydroxyl groups excluding tert-OH is 1. The first-order valence-corrected chi connectivity index (χ1v) is 4.89. The van der Waals surface area contributed by atoms with Gasteiger partial charge in [0.15, 0.2) is 0 Å². The Kier molecular flexibility index (Phi) is 6.11. The molecule has 1 N–H and O–H groups in total. The highest BCUT2D eigenvalue weighted by Crippen LogP contribution is 2.06. The van der Waals surface area contributed by atoms with Gasteiger partial charge < -0.3 is 5.11 Å². The van der Waals surface area contributed by atoms with Crippen LogP contribution in [0.3, 0.4) is 0 Å². The molecule has 0 aromatic heterocycles. The molecule has 0 saturated heterocycles. The molecule has 0 saturated carbocycles. The molecule has 15 heavy (non-hydrogen) atoms. The van der Waals surface area contributed by atoms with Crippen molar-refractivity contribution >= 4 is 5.71 Å². The van der Waals surface area contributed by atoms with E-state index in [1.54, 1.807) is 0 Å². The summed E-state index contributed by atoms with van der Waals surface area (Å²) < 4.78 is 0. The zero-order valence-corrected chi connectivity index (χ0v) is 9.91. The summed E-state index contributed by atoms with van der Waals surface area (Å²) in [7, 11) is 0. The van der Waals surface area contributed by atoms with Gasteiger partial charge in [-0.1, -0.05) is 30.9 Å². The highest BCUT2D eigenvalue weighted by atomic mass is 16.3. The predicted octanol–water partition coefficient (Wildman–Crippen LogP) is 3.95. The summed E-state index contributed by atoms with van der Waals surface area (Å²) in [6.45, 7) is 11.2. The minimum absolute atomic E-state index is 0.0382. The second-order valence-electron chi connectivity index (χ2n) is 3.37. The third-order valence-corrected chi connectivity index (χ3v) is 1.89. The smallest absolute Gasteiger partial charge is 0.213 e. The maximum Gasteiger partial charge on any atom is 0.213 e. The summed E-state index contributed by atoms with van der Waals surface area (Å²) in [5.41, 5.74) is 2.33. The maximum absolute atomic E-state index is 9.61. The zero-order chi connectivity index (χ0) is 11.8. The molecule has 0 radical (unpaired) electrons. The second-order valence-corrected chi connectivity index (χ2v) is 3.37. The summed E-state index contributed by atoms with van der Waals surface area (Å²) in [4.78, 5) is 4.03. The quantitative estimate of drug-likeness (QED) is 0.421. The molecule has 0 aromatic rings. The van der Waals surface area contributed by atoms with Crippen molar-refractivity contribution in [3.8, 4) is 0 Å². The van der Waals surface area contributed by atoms with Gasteiger partial charge in [-0.25, -0.2) is 4.99 Å². The Balaban J connectivity index is 4.80. The molecule has 0 spiro atoms. The molecule has 0 aliphatic rings. The first-order chi connectivity index (χ1) is 6.99. The zero-order valence-electron chi connectivity index (χ0n) is 9.91. The van der Waals surface area contributed by atoms with Gasteiger partial charge in [-0.05, 0) is 33.3 Å². The van der Waals surface area contributed by atoms with Crippen molar-refractivity contribution in [2.24, 2.45) is 4.99 Å². The molecule has 0 fully saturated rings. The van der Waals surface area contributed by atoms with Gasteiger partial charge in [-0.2, -0.15) is 0 Å². The molecular formula is C13H19NO. The molecule has 0 heterocycles. The van der Waals surface area contributed by atoms with E-state index in [2.05, 4.69) is 11.6 Å². The van der Waals surface area contributed by atoms with Crippen molar-refractivity contribution in [3.05, 3.63) is 47.9 Å². The van der Waals surface area contributed by atoms with Crippen LogP contribution >= 0.6 is 0 Å². The molecule has 0 rings (SSSR count). The van der Waals surface area contributed by atoms with E-state index < -0.39 is 0 Å². The van der Waals surface area contributed by atoms with Crippen molar-refractivity contribution in [2.45, 2.75) is 27.7 Å². The number of aliphatic imine (C=N–C) groups is 1. The fourth-order valence-corrected chi connectivity index (χ4v) is 0.728. The average Bonchev–Trinajstić information content (AvgIpc) is 2.17. The van der Waals surface area contributed by atoms with Crippen molar-refractivity contribution in [1.82, 2.24) is 0 Å². The third kappa shape index (κ3) is 5.68. The van der Waals surface area contributed by atoms with E-state index in [-0.39, 0.29) is 5.88 Å². The number of hydrogen-bond acceptors (Lipinski definition) is 2. The first kappa shape index (κ1) is 13.4. The maximum atomic E-state index is 9.61. The van der Waals surface area contributed by atoms with Crippen LogP contribution in [-0.2, 0) is 0 Å². The topological polar surface area (TPSA) is 32.6 Å². The normalized spacial score (nSPS) is 14.8. The van der Waals surface area contributed by atoms with Crippen LogP contribution in [0.1, 0.15) is 27.7 Å². The van der Waals surface area contributed by atoms with Gasteiger partial charge in [0.1, 0.15) is 0 Å². The van der Waals surface area contributed by atoms with Crippen molar-refractivity contribution in [2.75, 3.05) is 0 Å². The molecule has 82 valence electrons. The van der Waals surface area contributed by atoms with Crippen LogP contribution in [0.2, 0.25) is 0 Å². The molecule has 0 atom stereocenters. The van der Waals surface area contributed by atoms with Crippen LogP contribution in [0.25, 0.3) is 0 Å². The molecule has 0 aromatic carbocycles. The third-order valence-electron chi connectivity index (χ3n) is 1.89. The summed E-state index contributed by atoms with van der Waals surface area (Å²) >= 11 is 0. The van der Waals surface area contributed by atoms with Gasteiger partial charge in [0, 0.05) is 11.3 Å². The largest absolute Gasteiger partial charge is 0.493 e. The number of allylic oxidation sites excluding steroid dienone is 6. The highest BCUT2D eigenvalue weighted by Gasteiger charge is 1.96. The van der Waals surface area contributed by atoms with E-state index in [0.717, 1.165) is 16.9 Å². The lowest BCUT2D eigenvalue weighted by molar-refractivity contribution is 0.402. The van der Waals surface area contributed by atoms with Crippen molar-refractivity contribution in [1.29, 1.82) is 0 Å².